The molecular weight excluding hydrogens is 464 g/mol. The maximum absolute atomic E-state index is 6.67. The smallest absolute Gasteiger partial charge is 0.226 e. The molecule has 4 aromatic rings. The van der Waals surface area contributed by atoms with Crippen molar-refractivity contribution in [2.75, 3.05) is 19.5 Å². The zero-order valence-corrected chi connectivity index (χ0v) is 20.2. The fraction of sp³-hybridized carbons (Fsp3) is 0.185. The third-order valence-electron chi connectivity index (χ3n) is 6.48. The van der Waals surface area contributed by atoms with Crippen molar-refractivity contribution in [1.29, 1.82) is 0 Å². The van der Waals surface area contributed by atoms with E-state index in [2.05, 4.69) is 46.6 Å². The number of fused-ring (bicyclic) bond motifs is 3. The van der Waals surface area contributed by atoms with E-state index >= 15 is 0 Å². The van der Waals surface area contributed by atoms with Crippen LogP contribution >= 0.6 is 11.6 Å². The minimum atomic E-state index is -0.422. The van der Waals surface area contributed by atoms with Crippen LogP contribution in [0, 0.1) is 6.92 Å². The van der Waals surface area contributed by atoms with E-state index in [0.717, 1.165) is 33.7 Å². The highest BCUT2D eigenvalue weighted by Gasteiger charge is 2.41. The van der Waals surface area contributed by atoms with Gasteiger partial charge in [-0.2, -0.15) is 10.1 Å². The number of aryl methyl sites for hydroxylation is 1. The van der Waals surface area contributed by atoms with Crippen LogP contribution in [-0.2, 0) is 0 Å². The number of nitrogens with zero attached hydrogens (tertiary/aromatic N) is 3. The van der Waals surface area contributed by atoms with Gasteiger partial charge in [0.15, 0.2) is 11.5 Å². The van der Waals surface area contributed by atoms with Crippen LogP contribution in [0.4, 0.5) is 5.95 Å². The molecule has 1 N–H and O–H groups in total. The maximum atomic E-state index is 6.67. The average molecular weight is 487 g/mol. The number of rotatable bonds is 4. The first-order valence-corrected chi connectivity index (χ1v) is 11.6. The number of hydrogen-bond donors (Lipinski definition) is 1. The SMILES string of the molecule is COc1ccc([C@@H]2Oc3ccc(Cl)cc3C3=C2[C@@H](c2ccc(C)cc2)n2ncnc2N3)cc1OC. The van der Waals surface area contributed by atoms with E-state index in [0.29, 0.717) is 22.5 Å². The Morgan fingerprint density at radius 1 is 0.943 bits per heavy atom. The first-order valence-electron chi connectivity index (χ1n) is 11.2. The summed E-state index contributed by atoms with van der Waals surface area (Å²) in [4.78, 5) is 4.48. The first kappa shape index (κ1) is 21.6. The normalized spacial score (nSPS) is 18.1. The molecule has 0 fully saturated rings. The van der Waals surface area contributed by atoms with E-state index in [-0.39, 0.29) is 6.04 Å². The Balaban J connectivity index is 1.61. The van der Waals surface area contributed by atoms with Gasteiger partial charge in [-0.3, -0.25) is 0 Å². The summed E-state index contributed by atoms with van der Waals surface area (Å²) in [7, 11) is 3.25. The van der Waals surface area contributed by atoms with Gasteiger partial charge in [0.05, 0.1) is 19.9 Å². The molecule has 0 saturated carbocycles. The van der Waals surface area contributed by atoms with Gasteiger partial charge in [0.25, 0.3) is 0 Å². The molecule has 1 aromatic heterocycles. The molecule has 0 saturated heterocycles. The molecule has 8 heteroatoms. The Bertz CT molecular complexity index is 1460. The zero-order chi connectivity index (χ0) is 24.1. The van der Waals surface area contributed by atoms with Gasteiger partial charge in [-0.15, -0.1) is 0 Å². The number of halogens is 1. The topological polar surface area (TPSA) is 70.4 Å². The second-order valence-corrected chi connectivity index (χ2v) is 8.99. The summed E-state index contributed by atoms with van der Waals surface area (Å²) in [6, 6.07) is 19.7. The van der Waals surface area contributed by atoms with Gasteiger partial charge in [-0.05, 0) is 42.8 Å². The van der Waals surface area contributed by atoms with Crippen LogP contribution in [0.15, 0.2) is 72.6 Å². The third kappa shape index (κ3) is 3.51. The van der Waals surface area contributed by atoms with Crippen molar-refractivity contribution in [2.24, 2.45) is 0 Å². The predicted molar refractivity (Wildman–Crippen MR) is 134 cm³/mol. The van der Waals surface area contributed by atoms with Gasteiger partial charge in [0.1, 0.15) is 24.2 Å². The lowest BCUT2D eigenvalue weighted by Gasteiger charge is -2.39. The second kappa shape index (κ2) is 8.36. The van der Waals surface area contributed by atoms with E-state index in [1.54, 1.807) is 20.5 Å². The maximum Gasteiger partial charge on any atom is 0.226 e. The lowest BCUT2D eigenvalue weighted by molar-refractivity contribution is 0.222. The van der Waals surface area contributed by atoms with Crippen LogP contribution in [0.2, 0.25) is 5.02 Å². The van der Waals surface area contributed by atoms with Gasteiger partial charge in [0.2, 0.25) is 5.95 Å². The molecule has 3 aromatic carbocycles. The van der Waals surface area contributed by atoms with Crippen molar-refractivity contribution in [3.05, 3.63) is 99.8 Å². The number of ether oxygens (including phenoxy) is 3. The van der Waals surface area contributed by atoms with Crippen LogP contribution in [0.3, 0.4) is 0 Å². The summed E-state index contributed by atoms with van der Waals surface area (Å²) in [6.45, 7) is 2.08. The summed E-state index contributed by atoms with van der Waals surface area (Å²) in [5.41, 5.74) is 6.00. The summed E-state index contributed by atoms with van der Waals surface area (Å²) >= 11 is 6.41. The molecule has 0 amide bonds. The number of anilines is 1. The van der Waals surface area contributed by atoms with Gasteiger partial charge in [0, 0.05) is 21.7 Å². The largest absolute Gasteiger partial charge is 0.493 e. The monoisotopic (exact) mass is 486 g/mol. The zero-order valence-electron chi connectivity index (χ0n) is 19.4. The quantitative estimate of drug-likeness (QED) is 0.392. The Hall–Kier alpha value is -3.97. The number of aromatic nitrogens is 3. The molecule has 0 radical (unpaired) electrons. The molecule has 0 unspecified atom stereocenters. The number of hydrogen-bond acceptors (Lipinski definition) is 6. The highest BCUT2D eigenvalue weighted by molar-refractivity contribution is 6.30. The average Bonchev–Trinajstić information content (AvgIpc) is 3.35. The molecule has 2 atom stereocenters. The molecule has 3 heterocycles. The lowest BCUT2D eigenvalue weighted by Crippen LogP contribution is -2.32. The summed E-state index contributed by atoms with van der Waals surface area (Å²) < 4.78 is 19.6. The molecule has 7 nitrogen and oxygen atoms in total. The number of nitrogens with one attached hydrogen (secondary N) is 1. The fourth-order valence-corrected chi connectivity index (χ4v) is 4.97. The van der Waals surface area contributed by atoms with E-state index in [1.165, 1.54) is 5.56 Å². The fourth-order valence-electron chi connectivity index (χ4n) is 4.80. The van der Waals surface area contributed by atoms with Crippen molar-refractivity contribution in [3.63, 3.8) is 0 Å². The third-order valence-corrected chi connectivity index (χ3v) is 6.71. The molecule has 176 valence electrons. The second-order valence-electron chi connectivity index (χ2n) is 8.55. The van der Waals surface area contributed by atoms with Crippen molar-refractivity contribution in [3.8, 4) is 17.2 Å². The minimum Gasteiger partial charge on any atom is -0.493 e. The van der Waals surface area contributed by atoms with E-state index in [1.807, 2.05) is 41.1 Å². The van der Waals surface area contributed by atoms with Crippen LogP contribution < -0.4 is 19.5 Å². The number of benzene rings is 3. The Morgan fingerprint density at radius 2 is 1.71 bits per heavy atom. The Labute approximate surface area is 207 Å². The van der Waals surface area contributed by atoms with Crippen LogP contribution in [0.5, 0.6) is 17.2 Å². The van der Waals surface area contributed by atoms with E-state index in [4.69, 9.17) is 25.8 Å². The summed E-state index contributed by atoms with van der Waals surface area (Å²) in [5.74, 6) is 2.68. The standard InChI is InChI=1S/C27H23ClN4O3/c1-15-4-6-16(7-5-15)25-23-24(31-27-29-14-30-32(25)27)19-13-18(28)9-11-20(19)35-26(23)17-8-10-21(33-2)22(12-17)34-3/h4-14,25-26H,1-3H3,(H,29,30,31)/t25-,26+/m1/s1. The van der Waals surface area contributed by atoms with Gasteiger partial charge >= 0.3 is 0 Å². The first-order chi connectivity index (χ1) is 17.1. The Morgan fingerprint density at radius 3 is 2.49 bits per heavy atom. The summed E-state index contributed by atoms with van der Waals surface area (Å²) in [5, 5.41) is 8.70. The predicted octanol–water partition coefficient (Wildman–Crippen LogP) is 5.82. The summed E-state index contributed by atoms with van der Waals surface area (Å²) in [6.07, 6.45) is 1.14. The molecule has 2 aliphatic rings. The highest BCUT2D eigenvalue weighted by Crippen LogP contribution is 2.51. The Kier molecular flexibility index (Phi) is 5.15. The van der Waals surface area contributed by atoms with Crippen LogP contribution in [0.1, 0.15) is 34.4 Å². The lowest BCUT2D eigenvalue weighted by atomic mass is 9.84. The van der Waals surface area contributed by atoms with Crippen molar-refractivity contribution in [2.45, 2.75) is 19.1 Å². The molecule has 35 heavy (non-hydrogen) atoms. The van der Waals surface area contributed by atoms with E-state index < -0.39 is 6.10 Å². The molecule has 6 rings (SSSR count). The van der Waals surface area contributed by atoms with Crippen molar-refractivity contribution >= 4 is 23.2 Å². The molecule has 0 aliphatic carbocycles. The van der Waals surface area contributed by atoms with Crippen LogP contribution in [0.25, 0.3) is 5.70 Å². The molecule has 2 aliphatic heterocycles. The van der Waals surface area contributed by atoms with Crippen LogP contribution in [-0.4, -0.2) is 29.0 Å². The van der Waals surface area contributed by atoms with Crippen molar-refractivity contribution in [1.82, 2.24) is 14.8 Å². The highest BCUT2D eigenvalue weighted by atomic mass is 35.5. The van der Waals surface area contributed by atoms with Gasteiger partial charge in [-0.25, -0.2) is 4.68 Å². The number of methoxy groups -OCH3 is 2. The minimum absolute atomic E-state index is 0.241. The van der Waals surface area contributed by atoms with E-state index in [9.17, 15) is 0 Å². The van der Waals surface area contributed by atoms with Gasteiger partial charge < -0.3 is 19.5 Å². The van der Waals surface area contributed by atoms with Crippen molar-refractivity contribution < 1.29 is 14.2 Å². The molecular formula is C27H23ClN4O3. The molecule has 0 spiro atoms. The molecule has 0 bridgehead atoms. The van der Waals surface area contributed by atoms with Gasteiger partial charge in [-0.1, -0.05) is 47.5 Å².